The molecule has 0 bridgehead atoms. The molecule has 2 heterocycles. The van der Waals surface area contributed by atoms with Gasteiger partial charge in [-0.1, -0.05) is 5.16 Å². The Hall–Kier alpha value is -2.75. The summed E-state index contributed by atoms with van der Waals surface area (Å²) in [6, 6.07) is 1.69. The number of aryl methyl sites for hydroxylation is 1. The average molecular weight is 351 g/mol. The van der Waals surface area contributed by atoms with Crippen LogP contribution in [0.2, 0.25) is 0 Å². The smallest absolute Gasteiger partial charge is 0.327 e. The normalized spacial score (nSPS) is 10.5. The molecule has 0 atom stereocenters. The predicted molar refractivity (Wildman–Crippen MR) is 85.5 cm³/mol. The van der Waals surface area contributed by atoms with E-state index in [-0.39, 0.29) is 18.9 Å². The van der Waals surface area contributed by atoms with Gasteiger partial charge in [-0.2, -0.15) is 16.3 Å². The summed E-state index contributed by atoms with van der Waals surface area (Å²) in [5, 5.41) is 10.0. The lowest BCUT2D eigenvalue weighted by atomic mass is 10.3. The molecule has 0 aliphatic rings. The first-order valence-corrected chi connectivity index (χ1v) is 8.15. The van der Waals surface area contributed by atoms with E-state index in [1.807, 2.05) is 22.3 Å². The zero-order valence-corrected chi connectivity index (χ0v) is 14.0. The highest BCUT2D eigenvalue weighted by atomic mass is 32.1. The van der Waals surface area contributed by atoms with Gasteiger partial charge < -0.3 is 9.84 Å². The van der Waals surface area contributed by atoms with E-state index in [2.05, 4.69) is 20.9 Å². The highest BCUT2D eigenvalue weighted by Gasteiger charge is 2.15. The fourth-order valence-electron chi connectivity index (χ4n) is 1.66. The number of aromatic nitrogens is 2. The van der Waals surface area contributed by atoms with Crippen molar-refractivity contribution in [3.63, 3.8) is 0 Å². The lowest BCUT2D eigenvalue weighted by Gasteiger charge is -2.09. The summed E-state index contributed by atoms with van der Waals surface area (Å²) < 4.78 is 5.06. The van der Waals surface area contributed by atoms with Crippen LogP contribution in [-0.2, 0) is 20.8 Å². The molecule has 128 valence electrons. The van der Waals surface area contributed by atoms with Gasteiger partial charge in [0.05, 0.1) is 0 Å². The second-order valence-electron chi connectivity index (χ2n) is 5.15. The number of carbonyl (C=O) groups excluding carboxylic acids is 3. The first-order valence-electron chi connectivity index (χ1n) is 7.20. The number of nitrogens with zero attached hydrogens (tertiary/aromatic N) is 2. The molecule has 0 spiro atoms. The molecular weight excluding hydrogens is 334 g/mol. The van der Waals surface area contributed by atoms with Gasteiger partial charge in [0.2, 0.25) is 17.6 Å². The molecule has 0 aliphatic carbocycles. The van der Waals surface area contributed by atoms with Crippen LogP contribution in [0.5, 0.6) is 0 Å². The summed E-state index contributed by atoms with van der Waals surface area (Å²) in [7, 11) is 0. The van der Waals surface area contributed by atoms with Crippen LogP contribution >= 0.6 is 11.3 Å². The molecule has 9 nitrogen and oxygen atoms in total. The van der Waals surface area contributed by atoms with Gasteiger partial charge in [0.25, 0.3) is 0 Å². The molecule has 2 aromatic heterocycles. The van der Waals surface area contributed by atoms with E-state index in [0.717, 1.165) is 5.56 Å². The molecule has 3 amide bonds. The summed E-state index contributed by atoms with van der Waals surface area (Å²) in [5.41, 5.74) is 5.04. The number of hydrogen-bond acceptors (Lipinski definition) is 7. The zero-order valence-electron chi connectivity index (χ0n) is 13.2. The maximum atomic E-state index is 11.7. The second-order valence-corrected chi connectivity index (χ2v) is 5.93. The van der Waals surface area contributed by atoms with Gasteiger partial charge in [-0.3, -0.25) is 25.2 Å². The van der Waals surface area contributed by atoms with Crippen LogP contribution in [0, 0.1) is 0 Å². The third-order valence-corrected chi connectivity index (χ3v) is 3.44. The number of thiophene rings is 1. The molecule has 0 fully saturated rings. The van der Waals surface area contributed by atoms with Crippen molar-refractivity contribution in [2.24, 2.45) is 0 Å². The lowest BCUT2D eigenvalue weighted by molar-refractivity contribution is -0.141. The molecule has 0 radical (unpaired) electrons. The first kappa shape index (κ1) is 17.6. The van der Waals surface area contributed by atoms with Crippen LogP contribution in [0.25, 0.3) is 11.4 Å². The standard InChI is InChI=1S/C14H17N5O4S/c1-8(2)15-13(21)14(22)18-17-10(20)3-4-11-16-12(19-23-11)9-5-6-24-7-9/h5-8H,3-4H2,1-2H3,(H,15,21)(H,17,20)(H,18,22). The minimum atomic E-state index is -0.936. The highest BCUT2D eigenvalue weighted by Crippen LogP contribution is 2.18. The van der Waals surface area contributed by atoms with Crippen molar-refractivity contribution in [3.05, 3.63) is 22.7 Å². The van der Waals surface area contributed by atoms with Crippen molar-refractivity contribution in [1.82, 2.24) is 26.3 Å². The second kappa shape index (κ2) is 8.20. The predicted octanol–water partition coefficient (Wildman–Crippen LogP) is 0.403. The largest absolute Gasteiger partial charge is 0.346 e. The van der Waals surface area contributed by atoms with Crippen LogP contribution in [-0.4, -0.2) is 33.9 Å². The Labute approximate surface area is 141 Å². The van der Waals surface area contributed by atoms with Gasteiger partial charge in [0.15, 0.2) is 0 Å². The molecule has 0 saturated carbocycles. The number of rotatable bonds is 5. The summed E-state index contributed by atoms with van der Waals surface area (Å²) in [6.45, 7) is 3.44. The van der Waals surface area contributed by atoms with Crippen molar-refractivity contribution in [1.29, 1.82) is 0 Å². The van der Waals surface area contributed by atoms with E-state index in [1.165, 1.54) is 11.3 Å². The Kier molecular flexibility index (Phi) is 6.01. The Morgan fingerprint density at radius 3 is 2.71 bits per heavy atom. The van der Waals surface area contributed by atoms with Gasteiger partial charge >= 0.3 is 11.8 Å². The lowest BCUT2D eigenvalue weighted by Crippen LogP contribution is -2.49. The molecule has 0 aromatic carbocycles. The van der Waals surface area contributed by atoms with Crippen molar-refractivity contribution in [3.8, 4) is 11.4 Å². The van der Waals surface area contributed by atoms with Crippen molar-refractivity contribution in [2.45, 2.75) is 32.7 Å². The molecule has 0 saturated heterocycles. The van der Waals surface area contributed by atoms with Crippen LogP contribution in [0.4, 0.5) is 0 Å². The van der Waals surface area contributed by atoms with Crippen LogP contribution in [0.1, 0.15) is 26.2 Å². The zero-order chi connectivity index (χ0) is 17.5. The van der Waals surface area contributed by atoms with E-state index in [0.29, 0.717) is 11.7 Å². The molecule has 2 rings (SSSR count). The van der Waals surface area contributed by atoms with Gasteiger partial charge in [-0.15, -0.1) is 0 Å². The van der Waals surface area contributed by atoms with Crippen LogP contribution in [0.3, 0.4) is 0 Å². The van der Waals surface area contributed by atoms with Gasteiger partial charge in [-0.25, -0.2) is 0 Å². The number of carbonyl (C=O) groups is 3. The highest BCUT2D eigenvalue weighted by molar-refractivity contribution is 7.08. The molecular formula is C14H17N5O4S. The minimum Gasteiger partial charge on any atom is -0.346 e. The number of hydrazine groups is 1. The maximum absolute atomic E-state index is 11.7. The van der Waals surface area contributed by atoms with E-state index in [4.69, 9.17) is 4.52 Å². The molecule has 10 heteroatoms. The quantitative estimate of drug-likeness (QED) is 0.529. The monoisotopic (exact) mass is 351 g/mol. The van der Waals surface area contributed by atoms with Crippen molar-refractivity contribution in [2.75, 3.05) is 0 Å². The van der Waals surface area contributed by atoms with Crippen LogP contribution in [0.15, 0.2) is 21.3 Å². The molecule has 0 aliphatic heterocycles. The van der Waals surface area contributed by atoms with E-state index in [1.54, 1.807) is 13.8 Å². The Balaban J connectivity index is 1.73. The average Bonchev–Trinajstić information content (AvgIpc) is 3.20. The molecule has 0 unspecified atom stereocenters. The SMILES string of the molecule is CC(C)NC(=O)C(=O)NNC(=O)CCc1nc(-c2ccsc2)no1. The molecule has 2 aromatic rings. The van der Waals surface area contributed by atoms with E-state index in [9.17, 15) is 14.4 Å². The molecule has 24 heavy (non-hydrogen) atoms. The fourth-order valence-corrected chi connectivity index (χ4v) is 2.29. The summed E-state index contributed by atoms with van der Waals surface area (Å²) in [6.07, 6.45) is 0.244. The number of nitrogens with one attached hydrogen (secondary N) is 3. The Morgan fingerprint density at radius 2 is 2.04 bits per heavy atom. The fraction of sp³-hybridized carbons (Fsp3) is 0.357. The van der Waals surface area contributed by atoms with Gasteiger partial charge in [0.1, 0.15) is 0 Å². The van der Waals surface area contributed by atoms with Crippen molar-refractivity contribution < 1.29 is 18.9 Å². The van der Waals surface area contributed by atoms with E-state index >= 15 is 0 Å². The van der Waals surface area contributed by atoms with Gasteiger partial charge in [0, 0.05) is 29.8 Å². The molecule has 3 N–H and O–H groups in total. The first-order chi connectivity index (χ1) is 11.5. The summed E-state index contributed by atoms with van der Waals surface area (Å²) in [4.78, 5) is 38.6. The summed E-state index contributed by atoms with van der Waals surface area (Å²) in [5.74, 6) is -1.45. The number of hydrogen-bond donors (Lipinski definition) is 3. The summed E-state index contributed by atoms with van der Waals surface area (Å²) >= 11 is 1.52. The third-order valence-electron chi connectivity index (χ3n) is 2.75. The minimum absolute atomic E-state index is 0.0251. The Morgan fingerprint density at radius 1 is 1.25 bits per heavy atom. The maximum Gasteiger partial charge on any atom is 0.327 e. The van der Waals surface area contributed by atoms with Gasteiger partial charge in [-0.05, 0) is 25.3 Å². The third kappa shape index (κ3) is 5.16. The van der Waals surface area contributed by atoms with E-state index < -0.39 is 17.7 Å². The van der Waals surface area contributed by atoms with Crippen LogP contribution < -0.4 is 16.2 Å². The Bertz CT molecular complexity index is 711. The topological polar surface area (TPSA) is 126 Å². The number of amides is 3. The van der Waals surface area contributed by atoms with Crippen molar-refractivity contribution >= 4 is 29.1 Å².